The summed E-state index contributed by atoms with van der Waals surface area (Å²) in [5, 5.41) is 3.19. The molecule has 0 bridgehead atoms. The van der Waals surface area contributed by atoms with Gasteiger partial charge in [-0.3, -0.25) is 19.3 Å². The van der Waals surface area contributed by atoms with Gasteiger partial charge in [-0.1, -0.05) is 25.6 Å². The topological polar surface area (TPSA) is 117 Å². The number of fused-ring (bicyclic) bond motifs is 1. The molecule has 9 nitrogen and oxygen atoms in total. The minimum absolute atomic E-state index is 0.0407. The van der Waals surface area contributed by atoms with Crippen molar-refractivity contribution >= 4 is 45.2 Å². The monoisotopic (exact) mass is 462 g/mol. The van der Waals surface area contributed by atoms with Crippen molar-refractivity contribution < 1.29 is 22.8 Å². The molecule has 1 N–H and O–H groups in total. The van der Waals surface area contributed by atoms with Crippen LogP contribution in [0.15, 0.2) is 46.5 Å². The molecule has 3 amide bonds. The maximum absolute atomic E-state index is 12.5. The van der Waals surface area contributed by atoms with Gasteiger partial charge in [0.05, 0.1) is 21.9 Å². The van der Waals surface area contributed by atoms with Crippen molar-refractivity contribution in [1.82, 2.24) is 14.2 Å². The quantitative estimate of drug-likeness (QED) is 0.471. The van der Waals surface area contributed by atoms with Crippen LogP contribution in [0, 0.1) is 0 Å². The van der Waals surface area contributed by atoms with E-state index < -0.39 is 15.9 Å². The number of amides is 3. The van der Waals surface area contributed by atoms with Crippen LogP contribution in [0.1, 0.15) is 34.6 Å². The van der Waals surface area contributed by atoms with E-state index in [1.807, 2.05) is 0 Å². The van der Waals surface area contributed by atoms with Crippen molar-refractivity contribution in [2.24, 2.45) is 0 Å². The number of pyridine rings is 1. The Labute approximate surface area is 184 Å². The molecule has 0 fully saturated rings. The molecule has 0 aliphatic carbocycles. The molecule has 1 aromatic heterocycles. The summed E-state index contributed by atoms with van der Waals surface area (Å²) in [5.74, 6) is -1.06. The predicted octanol–water partition coefficient (Wildman–Crippen LogP) is 2.07. The second kappa shape index (κ2) is 9.16. The number of imide groups is 1. The lowest BCUT2D eigenvalue weighted by molar-refractivity contribution is -0.113. The lowest BCUT2D eigenvalue weighted by Gasteiger charge is -2.18. The molecule has 31 heavy (non-hydrogen) atoms. The molecule has 1 aliphatic rings. The Balaban J connectivity index is 1.61. The van der Waals surface area contributed by atoms with Gasteiger partial charge in [0.25, 0.3) is 11.8 Å². The van der Waals surface area contributed by atoms with E-state index in [4.69, 9.17) is 0 Å². The Hall–Kier alpha value is -2.76. The van der Waals surface area contributed by atoms with E-state index >= 15 is 0 Å². The summed E-state index contributed by atoms with van der Waals surface area (Å²) >= 11 is 1.15. The van der Waals surface area contributed by atoms with Gasteiger partial charge < -0.3 is 5.32 Å². The maximum atomic E-state index is 12.5. The van der Waals surface area contributed by atoms with Crippen LogP contribution in [-0.4, -0.2) is 66.2 Å². The second-order valence-electron chi connectivity index (χ2n) is 6.69. The Bertz CT molecular complexity index is 1130. The zero-order chi connectivity index (χ0) is 22.8. The van der Waals surface area contributed by atoms with E-state index in [9.17, 15) is 22.8 Å². The number of thioether (sulfide) groups is 1. The van der Waals surface area contributed by atoms with Crippen LogP contribution in [-0.2, 0) is 14.8 Å². The van der Waals surface area contributed by atoms with Crippen molar-refractivity contribution in [1.29, 1.82) is 0 Å². The largest absolute Gasteiger partial charge is 0.325 e. The van der Waals surface area contributed by atoms with Crippen LogP contribution in [0.25, 0.3) is 0 Å². The molecule has 0 unspecified atom stereocenters. The number of nitrogens with one attached hydrogen (secondary N) is 1. The smallest absolute Gasteiger partial charge is 0.261 e. The van der Waals surface area contributed by atoms with Gasteiger partial charge in [0.2, 0.25) is 15.9 Å². The summed E-state index contributed by atoms with van der Waals surface area (Å²) in [4.78, 5) is 41.5. The fourth-order valence-electron chi connectivity index (χ4n) is 3.09. The van der Waals surface area contributed by atoms with Gasteiger partial charge in [-0.15, -0.1) is 0 Å². The predicted molar refractivity (Wildman–Crippen MR) is 117 cm³/mol. The molecule has 2 aromatic rings. The molecule has 0 radical (unpaired) electrons. The number of aromatic nitrogens is 1. The normalized spacial score (nSPS) is 13.6. The number of anilines is 1. The number of nitrogens with zero attached hydrogens (tertiary/aromatic N) is 3. The number of sulfonamides is 1. The standard InChI is InChI=1S/C20H22N4O5S2/c1-4-24(5-2)31(28,29)14-7-9-18(21-11-14)30-12-17(25)22-13-6-8-15-16(10-13)20(27)23(3)19(15)26/h6-11H,4-5,12H2,1-3H3,(H,22,25). The van der Waals surface area contributed by atoms with Gasteiger partial charge >= 0.3 is 0 Å². The SMILES string of the molecule is CCN(CC)S(=O)(=O)c1ccc(SCC(=O)Nc2ccc3c(c2)C(=O)N(C)C3=O)nc1. The fraction of sp³-hybridized carbons (Fsp3) is 0.300. The average Bonchev–Trinajstić information content (AvgIpc) is 2.97. The van der Waals surface area contributed by atoms with Gasteiger partial charge in [0.15, 0.2) is 0 Å². The van der Waals surface area contributed by atoms with Crippen LogP contribution in [0.4, 0.5) is 5.69 Å². The molecular weight excluding hydrogens is 440 g/mol. The third-order valence-electron chi connectivity index (χ3n) is 4.78. The lowest BCUT2D eigenvalue weighted by atomic mass is 10.1. The highest BCUT2D eigenvalue weighted by atomic mass is 32.2. The summed E-state index contributed by atoms with van der Waals surface area (Å²) in [7, 11) is -2.17. The summed E-state index contributed by atoms with van der Waals surface area (Å²) in [5.41, 5.74) is 0.975. The van der Waals surface area contributed by atoms with Crippen molar-refractivity contribution in [3.8, 4) is 0 Å². The van der Waals surface area contributed by atoms with E-state index in [1.165, 1.54) is 35.7 Å². The van der Waals surface area contributed by atoms with Crippen molar-refractivity contribution in [2.75, 3.05) is 31.2 Å². The molecule has 1 aliphatic heterocycles. The van der Waals surface area contributed by atoms with E-state index in [1.54, 1.807) is 26.0 Å². The van der Waals surface area contributed by atoms with Crippen LogP contribution in [0.3, 0.4) is 0 Å². The molecule has 2 heterocycles. The van der Waals surface area contributed by atoms with Crippen LogP contribution in [0.5, 0.6) is 0 Å². The molecule has 164 valence electrons. The highest BCUT2D eigenvalue weighted by molar-refractivity contribution is 7.99. The summed E-state index contributed by atoms with van der Waals surface area (Å²) in [6, 6.07) is 7.59. The molecule has 0 atom stereocenters. The summed E-state index contributed by atoms with van der Waals surface area (Å²) < 4.78 is 26.3. The van der Waals surface area contributed by atoms with E-state index in [2.05, 4.69) is 10.3 Å². The van der Waals surface area contributed by atoms with E-state index in [-0.39, 0.29) is 28.0 Å². The minimum atomic E-state index is -3.58. The number of carbonyl (C=O) groups is 3. The first-order valence-corrected chi connectivity index (χ1v) is 12.0. The van der Waals surface area contributed by atoms with Crippen molar-refractivity contribution in [3.05, 3.63) is 47.7 Å². The Kier molecular flexibility index (Phi) is 6.77. The average molecular weight is 463 g/mol. The first-order valence-electron chi connectivity index (χ1n) is 9.54. The highest BCUT2D eigenvalue weighted by Crippen LogP contribution is 2.25. The maximum Gasteiger partial charge on any atom is 0.261 e. The zero-order valence-corrected chi connectivity index (χ0v) is 18.9. The third-order valence-corrected chi connectivity index (χ3v) is 7.75. The summed E-state index contributed by atoms with van der Waals surface area (Å²) in [6.45, 7) is 4.27. The van der Waals surface area contributed by atoms with Crippen LogP contribution in [0.2, 0.25) is 0 Å². The van der Waals surface area contributed by atoms with Crippen molar-refractivity contribution in [3.63, 3.8) is 0 Å². The molecule has 11 heteroatoms. The van der Waals surface area contributed by atoms with E-state index in [0.717, 1.165) is 16.7 Å². The third kappa shape index (κ3) is 4.63. The van der Waals surface area contributed by atoms with Crippen LogP contribution < -0.4 is 5.32 Å². The van der Waals surface area contributed by atoms with Gasteiger partial charge in [0.1, 0.15) is 4.90 Å². The highest BCUT2D eigenvalue weighted by Gasteiger charge is 2.32. The number of hydrogen-bond acceptors (Lipinski definition) is 7. The fourth-order valence-corrected chi connectivity index (χ4v) is 5.14. The second-order valence-corrected chi connectivity index (χ2v) is 9.62. The first-order chi connectivity index (χ1) is 14.7. The molecule has 1 aromatic carbocycles. The van der Waals surface area contributed by atoms with E-state index in [0.29, 0.717) is 29.4 Å². The minimum Gasteiger partial charge on any atom is -0.325 e. The zero-order valence-electron chi connectivity index (χ0n) is 17.3. The van der Waals surface area contributed by atoms with Gasteiger partial charge in [0, 0.05) is 32.0 Å². The molecule has 0 saturated heterocycles. The molecular formula is C20H22N4O5S2. The van der Waals surface area contributed by atoms with Gasteiger partial charge in [-0.05, 0) is 30.3 Å². The molecule has 3 rings (SSSR count). The number of hydrogen-bond donors (Lipinski definition) is 1. The van der Waals surface area contributed by atoms with Gasteiger partial charge in [-0.25, -0.2) is 13.4 Å². The Morgan fingerprint density at radius 1 is 1.10 bits per heavy atom. The summed E-state index contributed by atoms with van der Waals surface area (Å²) in [6.07, 6.45) is 1.29. The molecule has 0 spiro atoms. The number of rotatable bonds is 8. The first kappa shape index (κ1) is 22.9. The Morgan fingerprint density at radius 2 is 1.77 bits per heavy atom. The lowest BCUT2D eigenvalue weighted by Crippen LogP contribution is -2.30. The van der Waals surface area contributed by atoms with Gasteiger partial charge in [-0.2, -0.15) is 4.31 Å². The van der Waals surface area contributed by atoms with Crippen LogP contribution >= 0.6 is 11.8 Å². The Morgan fingerprint density at radius 3 is 2.39 bits per heavy atom. The number of carbonyl (C=O) groups excluding carboxylic acids is 3. The molecule has 0 saturated carbocycles. The number of benzene rings is 1. The van der Waals surface area contributed by atoms with Crippen molar-refractivity contribution in [2.45, 2.75) is 23.8 Å².